The summed E-state index contributed by atoms with van der Waals surface area (Å²) in [5.74, 6) is -0.0156. The molecule has 2 N–H and O–H groups in total. The number of nitrogens with zero attached hydrogens (tertiary/aromatic N) is 3. The van der Waals surface area contributed by atoms with Gasteiger partial charge in [0.15, 0.2) is 20.8 Å². The second-order valence-electron chi connectivity index (χ2n) is 6.55. The number of phenols is 1. The molecule has 1 saturated heterocycles. The Morgan fingerprint density at radius 3 is 2.57 bits per heavy atom. The number of carbonyl (C=O) groups excluding carboxylic acids is 1. The summed E-state index contributed by atoms with van der Waals surface area (Å²) < 4.78 is 24.0. The summed E-state index contributed by atoms with van der Waals surface area (Å²) in [4.78, 5) is 14.7. The van der Waals surface area contributed by atoms with E-state index in [1.807, 2.05) is 4.90 Å². The molecule has 8 nitrogen and oxygen atoms in total. The number of hydrogen-bond acceptors (Lipinski definition) is 7. The highest BCUT2D eigenvalue weighted by atomic mass is 35.5. The number of benzene rings is 1. The molecule has 150 valence electrons. The topological polar surface area (TPSA) is 112 Å². The Morgan fingerprint density at radius 2 is 1.96 bits per heavy atom. The van der Waals surface area contributed by atoms with Gasteiger partial charge in [-0.25, -0.2) is 8.42 Å². The number of rotatable bonds is 5. The van der Waals surface area contributed by atoms with Gasteiger partial charge >= 0.3 is 0 Å². The second kappa shape index (κ2) is 8.32. The summed E-state index contributed by atoms with van der Waals surface area (Å²) in [7, 11) is -3.43. The molecular formula is C18H21ClN4O4S. The van der Waals surface area contributed by atoms with Crippen molar-refractivity contribution >= 4 is 38.9 Å². The highest BCUT2D eigenvalue weighted by Gasteiger charge is 2.26. The predicted molar refractivity (Wildman–Crippen MR) is 106 cm³/mol. The number of sulfone groups is 1. The Hall–Kier alpha value is -2.39. The molecule has 0 saturated carbocycles. The van der Waals surface area contributed by atoms with Crippen molar-refractivity contribution in [2.75, 3.05) is 29.1 Å². The van der Waals surface area contributed by atoms with Crippen LogP contribution < -0.4 is 10.2 Å². The van der Waals surface area contributed by atoms with Gasteiger partial charge in [0.25, 0.3) is 0 Å². The average molecular weight is 425 g/mol. The van der Waals surface area contributed by atoms with Crippen LogP contribution in [0.1, 0.15) is 19.8 Å². The molecule has 1 aromatic heterocycles. The van der Waals surface area contributed by atoms with Gasteiger partial charge in [0, 0.05) is 19.0 Å². The number of halogens is 1. The molecule has 0 spiro atoms. The van der Waals surface area contributed by atoms with E-state index < -0.39 is 9.84 Å². The molecule has 1 amide bonds. The molecule has 1 aromatic carbocycles. The van der Waals surface area contributed by atoms with Gasteiger partial charge in [-0.05, 0) is 43.2 Å². The lowest BCUT2D eigenvalue weighted by atomic mass is 9.96. The van der Waals surface area contributed by atoms with E-state index in [4.69, 9.17) is 11.6 Å². The minimum Gasteiger partial charge on any atom is -0.506 e. The van der Waals surface area contributed by atoms with E-state index in [-0.39, 0.29) is 33.9 Å². The van der Waals surface area contributed by atoms with E-state index in [1.165, 1.54) is 18.2 Å². The van der Waals surface area contributed by atoms with E-state index >= 15 is 0 Å². The van der Waals surface area contributed by atoms with Crippen LogP contribution in [0.2, 0.25) is 5.15 Å². The molecule has 0 aliphatic carbocycles. The maximum atomic E-state index is 12.6. The number of aromatic nitrogens is 2. The monoisotopic (exact) mass is 424 g/mol. The van der Waals surface area contributed by atoms with Crippen LogP contribution >= 0.6 is 11.6 Å². The number of nitrogens with one attached hydrogen (secondary N) is 1. The minimum atomic E-state index is -3.43. The zero-order valence-corrected chi connectivity index (χ0v) is 16.9. The number of amides is 1. The second-order valence-corrected chi connectivity index (χ2v) is 9.21. The maximum absolute atomic E-state index is 12.6. The lowest BCUT2D eigenvalue weighted by molar-refractivity contribution is -0.120. The van der Waals surface area contributed by atoms with Crippen molar-refractivity contribution in [2.24, 2.45) is 5.92 Å². The average Bonchev–Trinajstić information content (AvgIpc) is 2.70. The molecule has 0 atom stereocenters. The summed E-state index contributed by atoms with van der Waals surface area (Å²) >= 11 is 5.75. The van der Waals surface area contributed by atoms with Crippen molar-refractivity contribution in [1.82, 2.24) is 10.2 Å². The molecule has 0 radical (unpaired) electrons. The van der Waals surface area contributed by atoms with Gasteiger partial charge in [-0.1, -0.05) is 18.5 Å². The van der Waals surface area contributed by atoms with Crippen LogP contribution in [0.15, 0.2) is 35.2 Å². The Morgan fingerprint density at radius 1 is 1.25 bits per heavy atom. The quantitative estimate of drug-likeness (QED) is 0.709. The summed E-state index contributed by atoms with van der Waals surface area (Å²) in [5.41, 5.74) is 0.102. The molecular weight excluding hydrogens is 404 g/mol. The van der Waals surface area contributed by atoms with Gasteiger partial charge in [0.1, 0.15) is 5.75 Å². The molecule has 10 heteroatoms. The van der Waals surface area contributed by atoms with Crippen molar-refractivity contribution in [1.29, 1.82) is 0 Å². The number of hydrogen-bond donors (Lipinski definition) is 2. The third kappa shape index (κ3) is 4.53. The Balaban J connectivity index is 1.65. The zero-order chi connectivity index (χ0) is 20.3. The largest absolute Gasteiger partial charge is 0.506 e. The van der Waals surface area contributed by atoms with Crippen LogP contribution in [0.5, 0.6) is 5.75 Å². The van der Waals surface area contributed by atoms with Crippen molar-refractivity contribution < 1.29 is 18.3 Å². The van der Waals surface area contributed by atoms with Gasteiger partial charge in [0.05, 0.1) is 16.3 Å². The lowest BCUT2D eigenvalue weighted by Crippen LogP contribution is -2.38. The van der Waals surface area contributed by atoms with Gasteiger partial charge in [0.2, 0.25) is 5.91 Å². The fourth-order valence-corrected chi connectivity index (χ4v) is 4.07. The van der Waals surface area contributed by atoms with E-state index in [0.717, 1.165) is 0 Å². The third-order valence-electron chi connectivity index (χ3n) is 4.77. The van der Waals surface area contributed by atoms with Crippen LogP contribution in [0.3, 0.4) is 0 Å². The predicted octanol–water partition coefficient (Wildman–Crippen LogP) is 2.48. The van der Waals surface area contributed by atoms with Crippen molar-refractivity contribution in [3.8, 4) is 5.75 Å². The fourth-order valence-electron chi connectivity index (χ4n) is 3.06. The van der Waals surface area contributed by atoms with E-state index in [0.29, 0.717) is 36.9 Å². The number of piperidine rings is 1. The number of anilines is 2. The molecule has 0 bridgehead atoms. The summed E-state index contributed by atoms with van der Waals surface area (Å²) in [6.07, 6.45) is 1.20. The van der Waals surface area contributed by atoms with Crippen LogP contribution in [0.25, 0.3) is 0 Å². The lowest BCUT2D eigenvalue weighted by Gasteiger charge is -2.31. The van der Waals surface area contributed by atoms with Crippen molar-refractivity contribution in [3.05, 3.63) is 35.5 Å². The molecule has 3 rings (SSSR count). The molecule has 2 heterocycles. The van der Waals surface area contributed by atoms with Crippen molar-refractivity contribution in [2.45, 2.75) is 24.7 Å². The fraction of sp³-hybridized carbons (Fsp3) is 0.389. The number of aromatic hydroxyl groups is 1. The first-order valence-electron chi connectivity index (χ1n) is 8.91. The minimum absolute atomic E-state index is 0.0583. The van der Waals surface area contributed by atoms with Crippen LogP contribution in [0, 0.1) is 5.92 Å². The molecule has 2 aromatic rings. The molecule has 1 aliphatic rings. The molecule has 1 fully saturated rings. The van der Waals surface area contributed by atoms with Gasteiger partial charge in [-0.2, -0.15) is 0 Å². The summed E-state index contributed by atoms with van der Waals surface area (Å²) in [6.45, 7) is 2.80. The SMILES string of the molecule is CCS(=O)(=O)c1ccc(O)c(NC(=O)C2CCN(c3ccc(Cl)nn3)CC2)c1. The van der Waals surface area contributed by atoms with E-state index in [9.17, 15) is 18.3 Å². The van der Waals surface area contributed by atoms with Crippen molar-refractivity contribution in [3.63, 3.8) is 0 Å². The molecule has 0 unspecified atom stereocenters. The van der Waals surface area contributed by atoms with Crippen LogP contribution in [0.4, 0.5) is 11.5 Å². The van der Waals surface area contributed by atoms with Gasteiger partial charge < -0.3 is 15.3 Å². The maximum Gasteiger partial charge on any atom is 0.227 e. The zero-order valence-electron chi connectivity index (χ0n) is 15.3. The Kier molecular flexibility index (Phi) is 6.04. The normalized spacial score (nSPS) is 15.4. The number of carbonyl (C=O) groups is 1. The standard InChI is InChI=1S/C18H21ClN4O4S/c1-2-28(26,27)13-3-4-15(24)14(11-13)20-18(25)12-7-9-23(10-8-12)17-6-5-16(19)21-22-17/h3-6,11-12,24H,2,7-10H2,1H3,(H,20,25). The van der Waals surface area contributed by atoms with E-state index in [2.05, 4.69) is 15.5 Å². The first kappa shape index (κ1) is 20.3. The molecule has 28 heavy (non-hydrogen) atoms. The first-order chi connectivity index (χ1) is 13.3. The number of phenolic OH excluding ortho intramolecular Hbond substituents is 1. The summed E-state index contributed by atoms with van der Waals surface area (Å²) in [6, 6.07) is 7.36. The smallest absolute Gasteiger partial charge is 0.227 e. The Bertz CT molecular complexity index is 958. The van der Waals surface area contributed by atoms with E-state index in [1.54, 1.807) is 19.1 Å². The summed E-state index contributed by atoms with van der Waals surface area (Å²) in [5, 5.41) is 20.8. The third-order valence-corrected chi connectivity index (χ3v) is 6.71. The van der Waals surface area contributed by atoms with Gasteiger partial charge in [-0.15, -0.1) is 10.2 Å². The van der Waals surface area contributed by atoms with Crippen LogP contribution in [-0.2, 0) is 14.6 Å². The highest BCUT2D eigenvalue weighted by Crippen LogP contribution is 2.29. The Labute approximate surface area is 168 Å². The van der Waals surface area contributed by atoms with Gasteiger partial charge in [-0.3, -0.25) is 4.79 Å². The van der Waals surface area contributed by atoms with Crippen LogP contribution in [-0.4, -0.2) is 48.5 Å². The highest BCUT2D eigenvalue weighted by molar-refractivity contribution is 7.91. The first-order valence-corrected chi connectivity index (χ1v) is 10.9. The molecule has 1 aliphatic heterocycles.